The Labute approximate surface area is 199 Å². The minimum absolute atomic E-state index is 0.131. The minimum Gasteiger partial charge on any atom is -0.444 e. The van der Waals surface area contributed by atoms with E-state index >= 15 is 0 Å². The summed E-state index contributed by atoms with van der Waals surface area (Å²) in [7, 11) is 0. The number of carbonyl (C=O) groups excluding carboxylic acids is 2. The van der Waals surface area contributed by atoms with E-state index in [1.807, 2.05) is 41.5 Å². The summed E-state index contributed by atoms with van der Waals surface area (Å²) in [4.78, 5) is 24.3. The average molecular weight is 471 g/mol. The largest absolute Gasteiger partial charge is 0.444 e. The molecule has 192 valence electrons. The molecule has 0 saturated heterocycles. The van der Waals surface area contributed by atoms with Crippen molar-refractivity contribution >= 4 is 12.2 Å². The molecule has 2 N–H and O–H groups in total. The van der Waals surface area contributed by atoms with Crippen LogP contribution in [0, 0.1) is 0 Å². The monoisotopic (exact) mass is 470 g/mol. The van der Waals surface area contributed by atoms with E-state index in [0.717, 1.165) is 58.0 Å². The van der Waals surface area contributed by atoms with Crippen molar-refractivity contribution in [2.45, 2.75) is 135 Å². The lowest BCUT2D eigenvalue weighted by Crippen LogP contribution is -2.43. The van der Waals surface area contributed by atoms with Crippen LogP contribution >= 0.6 is 0 Å². The maximum Gasteiger partial charge on any atom is 0.407 e. The van der Waals surface area contributed by atoms with Gasteiger partial charge in [-0.3, -0.25) is 0 Å². The summed E-state index contributed by atoms with van der Waals surface area (Å²) in [5.74, 6) is 0. The smallest absolute Gasteiger partial charge is 0.407 e. The lowest BCUT2D eigenvalue weighted by molar-refractivity contribution is -0.0262. The summed E-state index contributed by atoms with van der Waals surface area (Å²) in [5, 5.41) is 5.96. The van der Waals surface area contributed by atoms with Crippen LogP contribution < -0.4 is 10.6 Å². The molecule has 8 nitrogen and oxygen atoms in total. The number of rotatable bonds is 9. The van der Waals surface area contributed by atoms with Crippen molar-refractivity contribution in [3.63, 3.8) is 0 Å². The van der Waals surface area contributed by atoms with Crippen molar-refractivity contribution in [2.24, 2.45) is 0 Å². The van der Waals surface area contributed by atoms with Crippen LogP contribution in [-0.2, 0) is 18.9 Å². The number of ether oxygens (including phenoxy) is 4. The van der Waals surface area contributed by atoms with Crippen molar-refractivity contribution in [1.82, 2.24) is 10.6 Å². The zero-order valence-electron chi connectivity index (χ0n) is 21.5. The molecular weight excluding hydrogens is 424 g/mol. The normalized spacial score (nSPS) is 26.4. The van der Waals surface area contributed by atoms with Gasteiger partial charge in [-0.05, 0) is 92.9 Å². The van der Waals surface area contributed by atoms with Crippen molar-refractivity contribution in [1.29, 1.82) is 0 Å². The zero-order valence-corrected chi connectivity index (χ0v) is 21.5. The number of carbonyl (C=O) groups is 2. The third kappa shape index (κ3) is 11.4. The lowest BCUT2D eigenvalue weighted by Gasteiger charge is -2.32. The first-order valence-electron chi connectivity index (χ1n) is 12.7. The predicted octanol–water partition coefficient (Wildman–Crippen LogP) is 5.08. The van der Waals surface area contributed by atoms with E-state index in [1.54, 1.807) is 0 Å². The van der Waals surface area contributed by atoms with E-state index in [0.29, 0.717) is 19.1 Å². The molecule has 8 heteroatoms. The molecule has 0 bridgehead atoms. The van der Waals surface area contributed by atoms with Crippen LogP contribution in [0.4, 0.5) is 9.59 Å². The van der Waals surface area contributed by atoms with Gasteiger partial charge in [0.25, 0.3) is 0 Å². The van der Waals surface area contributed by atoms with Gasteiger partial charge in [-0.1, -0.05) is 0 Å². The van der Waals surface area contributed by atoms with Crippen LogP contribution in [-0.4, -0.2) is 60.9 Å². The number of hydrogen-bond donors (Lipinski definition) is 2. The van der Waals surface area contributed by atoms with Crippen LogP contribution in [0.15, 0.2) is 0 Å². The first-order valence-corrected chi connectivity index (χ1v) is 12.7. The molecule has 2 aliphatic carbocycles. The van der Waals surface area contributed by atoms with Crippen LogP contribution in [0.5, 0.6) is 0 Å². The molecule has 2 rings (SSSR count). The number of amides is 2. The SMILES string of the molecule is CCOC1CCC(NC(=O)OC(C)(C)CCOC2CCC(NC(=O)OC(C)(C)C)CC2)CC1. The molecular formula is C25H46N2O6. The van der Waals surface area contributed by atoms with Gasteiger partial charge in [-0.25, -0.2) is 9.59 Å². The second kappa shape index (κ2) is 12.8. The van der Waals surface area contributed by atoms with Crippen molar-refractivity contribution in [3.8, 4) is 0 Å². The van der Waals surface area contributed by atoms with Gasteiger partial charge in [0, 0.05) is 25.1 Å². The van der Waals surface area contributed by atoms with Crippen LogP contribution in [0.25, 0.3) is 0 Å². The number of nitrogens with one attached hydrogen (secondary N) is 2. The molecule has 0 aromatic carbocycles. The van der Waals surface area contributed by atoms with Gasteiger partial charge in [0.15, 0.2) is 0 Å². The van der Waals surface area contributed by atoms with Crippen molar-refractivity contribution in [2.75, 3.05) is 13.2 Å². The van der Waals surface area contributed by atoms with Gasteiger partial charge in [0.1, 0.15) is 11.2 Å². The molecule has 0 atom stereocenters. The molecule has 0 unspecified atom stereocenters. The Bertz CT molecular complexity index is 603. The van der Waals surface area contributed by atoms with Gasteiger partial charge >= 0.3 is 12.2 Å². The van der Waals surface area contributed by atoms with E-state index in [1.165, 1.54) is 0 Å². The fraction of sp³-hybridized carbons (Fsp3) is 0.920. The van der Waals surface area contributed by atoms with Crippen LogP contribution in [0.2, 0.25) is 0 Å². The van der Waals surface area contributed by atoms with E-state index in [-0.39, 0.29) is 30.4 Å². The molecule has 2 saturated carbocycles. The standard InChI is InChI=1S/C25H46N2O6/c1-7-30-20-12-8-19(9-13-20)27-23(29)33-25(5,6)16-17-31-21-14-10-18(11-15-21)26-22(28)32-24(2,3)4/h18-21H,7-17H2,1-6H3,(H,26,28)(H,27,29). The molecule has 2 fully saturated rings. The van der Waals surface area contributed by atoms with Crippen molar-refractivity contribution in [3.05, 3.63) is 0 Å². The van der Waals surface area contributed by atoms with Crippen LogP contribution in [0.1, 0.15) is 99.3 Å². The Balaban J connectivity index is 1.59. The van der Waals surface area contributed by atoms with Gasteiger partial charge in [0.2, 0.25) is 0 Å². The molecule has 0 aromatic rings. The summed E-state index contributed by atoms with van der Waals surface area (Å²) in [6.07, 6.45) is 7.76. The van der Waals surface area contributed by atoms with Crippen LogP contribution in [0.3, 0.4) is 0 Å². The third-order valence-electron chi connectivity index (χ3n) is 6.22. The quantitative estimate of drug-likeness (QED) is 0.488. The molecule has 0 radical (unpaired) electrons. The maximum atomic E-state index is 12.4. The number of alkyl carbamates (subject to hydrolysis) is 2. The predicted molar refractivity (Wildman–Crippen MR) is 127 cm³/mol. The highest BCUT2D eigenvalue weighted by molar-refractivity contribution is 5.68. The fourth-order valence-corrected chi connectivity index (χ4v) is 4.43. The average Bonchev–Trinajstić information content (AvgIpc) is 2.69. The highest BCUT2D eigenvalue weighted by atomic mass is 16.6. The first-order chi connectivity index (χ1) is 15.5. The Kier molecular flexibility index (Phi) is 10.7. The summed E-state index contributed by atoms with van der Waals surface area (Å²) in [6.45, 7) is 12.7. The summed E-state index contributed by atoms with van der Waals surface area (Å²) in [5.41, 5.74) is -1.08. The summed E-state index contributed by atoms with van der Waals surface area (Å²) in [6, 6.07) is 0.289. The summed E-state index contributed by atoms with van der Waals surface area (Å²) >= 11 is 0. The Morgan fingerprint density at radius 3 is 1.64 bits per heavy atom. The van der Waals surface area contributed by atoms with Crippen molar-refractivity contribution < 1.29 is 28.5 Å². The molecule has 0 aliphatic heterocycles. The highest BCUT2D eigenvalue weighted by Crippen LogP contribution is 2.24. The Hall–Kier alpha value is -1.54. The number of hydrogen-bond acceptors (Lipinski definition) is 6. The zero-order chi connectivity index (χ0) is 24.5. The second-order valence-electron chi connectivity index (χ2n) is 11.0. The fourth-order valence-electron chi connectivity index (χ4n) is 4.43. The Morgan fingerprint density at radius 2 is 1.18 bits per heavy atom. The third-order valence-corrected chi connectivity index (χ3v) is 6.22. The van der Waals surface area contributed by atoms with E-state index < -0.39 is 11.2 Å². The first kappa shape index (κ1) is 27.7. The van der Waals surface area contributed by atoms with Gasteiger partial charge in [-0.15, -0.1) is 0 Å². The summed E-state index contributed by atoms with van der Waals surface area (Å²) < 4.78 is 22.7. The van der Waals surface area contributed by atoms with E-state index in [2.05, 4.69) is 10.6 Å². The van der Waals surface area contributed by atoms with Gasteiger partial charge in [-0.2, -0.15) is 0 Å². The Morgan fingerprint density at radius 1 is 0.727 bits per heavy atom. The lowest BCUT2D eigenvalue weighted by atomic mass is 9.93. The van der Waals surface area contributed by atoms with Gasteiger partial charge in [0.05, 0.1) is 18.8 Å². The molecule has 0 aromatic heterocycles. The molecule has 2 amide bonds. The maximum absolute atomic E-state index is 12.4. The second-order valence-corrected chi connectivity index (χ2v) is 11.0. The van der Waals surface area contributed by atoms with Gasteiger partial charge < -0.3 is 29.6 Å². The van der Waals surface area contributed by atoms with E-state index in [9.17, 15) is 9.59 Å². The topological polar surface area (TPSA) is 95.1 Å². The molecule has 33 heavy (non-hydrogen) atoms. The highest BCUT2D eigenvalue weighted by Gasteiger charge is 2.29. The molecule has 0 spiro atoms. The molecule has 0 heterocycles. The minimum atomic E-state index is -0.595. The molecule has 2 aliphatic rings. The van der Waals surface area contributed by atoms with E-state index in [4.69, 9.17) is 18.9 Å².